The van der Waals surface area contributed by atoms with Gasteiger partial charge in [-0.25, -0.2) is 4.98 Å². The van der Waals surface area contributed by atoms with Crippen molar-refractivity contribution in [2.24, 2.45) is 0 Å². The van der Waals surface area contributed by atoms with Gasteiger partial charge in [-0.05, 0) is 30.3 Å². The first-order chi connectivity index (χ1) is 15.2. The van der Waals surface area contributed by atoms with E-state index in [0.29, 0.717) is 27.6 Å². The summed E-state index contributed by atoms with van der Waals surface area (Å²) >= 11 is 2.68. The smallest absolute Gasteiger partial charge is 0.236 e. The van der Waals surface area contributed by atoms with E-state index in [4.69, 9.17) is 9.47 Å². The van der Waals surface area contributed by atoms with Crippen molar-refractivity contribution in [3.8, 4) is 28.6 Å². The van der Waals surface area contributed by atoms with Crippen LogP contribution in [0.1, 0.15) is 0 Å². The fourth-order valence-electron chi connectivity index (χ4n) is 2.91. The molecule has 2 heterocycles. The summed E-state index contributed by atoms with van der Waals surface area (Å²) in [6.07, 6.45) is 1.65. The number of hydrogen-bond acceptors (Lipinski definition) is 8. The summed E-state index contributed by atoms with van der Waals surface area (Å²) < 4.78 is 12.7. The molecular weight excluding hydrogens is 434 g/mol. The van der Waals surface area contributed by atoms with Crippen LogP contribution in [0.2, 0.25) is 0 Å². The quantitative estimate of drug-likeness (QED) is 0.401. The van der Waals surface area contributed by atoms with E-state index in [2.05, 4.69) is 20.5 Å². The Morgan fingerprint density at radius 1 is 1.10 bits per heavy atom. The minimum Gasteiger partial charge on any atom is -0.493 e. The van der Waals surface area contributed by atoms with Crippen molar-refractivity contribution in [1.29, 1.82) is 0 Å². The van der Waals surface area contributed by atoms with Gasteiger partial charge in [0.25, 0.3) is 0 Å². The van der Waals surface area contributed by atoms with Gasteiger partial charge < -0.3 is 14.8 Å². The van der Waals surface area contributed by atoms with E-state index in [1.807, 2.05) is 58.5 Å². The number of nitrogens with one attached hydrogen (secondary N) is 1. The average molecular weight is 454 g/mol. The molecule has 158 valence electrons. The van der Waals surface area contributed by atoms with Gasteiger partial charge in [-0.2, -0.15) is 0 Å². The van der Waals surface area contributed by atoms with Crippen molar-refractivity contribution in [2.75, 3.05) is 25.3 Å². The summed E-state index contributed by atoms with van der Waals surface area (Å²) in [6.45, 7) is 0. The number of rotatable bonds is 8. The molecule has 0 spiro atoms. The summed E-state index contributed by atoms with van der Waals surface area (Å²) in [7, 11) is 3.18. The Hall–Kier alpha value is -3.37. The average Bonchev–Trinajstić information content (AvgIpc) is 3.47. The molecule has 2 aromatic carbocycles. The molecule has 0 atom stereocenters. The first-order valence-corrected chi connectivity index (χ1v) is 11.1. The van der Waals surface area contributed by atoms with Crippen LogP contribution in [0, 0.1) is 0 Å². The summed E-state index contributed by atoms with van der Waals surface area (Å²) in [5.74, 6) is 1.88. The number of thioether (sulfide) groups is 1. The lowest BCUT2D eigenvalue weighted by molar-refractivity contribution is -0.113. The first-order valence-electron chi connectivity index (χ1n) is 9.25. The monoisotopic (exact) mass is 453 g/mol. The molecule has 2 aromatic heterocycles. The molecule has 10 heteroatoms. The number of thiazole rings is 1. The second-order valence-corrected chi connectivity index (χ2v) is 8.06. The highest BCUT2D eigenvalue weighted by molar-refractivity contribution is 7.99. The van der Waals surface area contributed by atoms with E-state index >= 15 is 0 Å². The second-order valence-electron chi connectivity index (χ2n) is 6.22. The third-order valence-electron chi connectivity index (χ3n) is 4.30. The number of aromatic nitrogens is 4. The van der Waals surface area contributed by atoms with Crippen LogP contribution >= 0.6 is 23.1 Å². The number of hydrogen-bond donors (Lipinski definition) is 1. The summed E-state index contributed by atoms with van der Waals surface area (Å²) in [6, 6.07) is 15.3. The van der Waals surface area contributed by atoms with Gasteiger partial charge in [0.05, 0.1) is 20.0 Å². The Bertz CT molecular complexity index is 1160. The molecular formula is C21H19N5O3S2. The highest BCUT2D eigenvalue weighted by Gasteiger charge is 2.19. The van der Waals surface area contributed by atoms with Gasteiger partial charge >= 0.3 is 0 Å². The topological polar surface area (TPSA) is 91.2 Å². The number of para-hydroxylation sites is 1. The number of carbonyl (C=O) groups excluding carboxylic acids is 1. The molecule has 0 aliphatic heterocycles. The van der Waals surface area contributed by atoms with Crippen LogP contribution < -0.4 is 14.8 Å². The molecule has 1 N–H and O–H groups in total. The number of ether oxygens (including phenoxy) is 2. The lowest BCUT2D eigenvalue weighted by Crippen LogP contribution is -2.14. The number of anilines is 1. The molecule has 0 saturated heterocycles. The molecule has 0 fully saturated rings. The van der Waals surface area contributed by atoms with Gasteiger partial charge in [0.1, 0.15) is 0 Å². The number of nitrogens with zero attached hydrogens (tertiary/aromatic N) is 4. The standard InChI is InChI=1S/C21H19N5O3S2/c1-28-16-9-8-14(12-17(16)29-2)19-24-25-21(26(19)15-6-4-3-5-7-15)31-13-18(27)23-20-22-10-11-30-20/h3-12H,13H2,1-2H3,(H,22,23,27). The zero-order valence-electron chi connectivity index (χ0n) is 16.8. The normalized spacial score (nSPS) is 10.6. The molecule has 0 aliphatic carbocycles. The summed E-state index contributed by atoms with van der Waals surface area (Å²) in [4.78, 5) is 16.4. The zero-order chi connectivity index (χ0) is 21.6. The molecule has 0 unspecified atom stereocenters. The van der Waals surface area contributed by atoms with Crippen LogP contribution in [0.3, 0.4) is 0 Å². The van der Waals surface area contributed by atoms with Gasteiger partial charge in [0.15, 0.2) is 27.6 Å². The molecule has 31 heavy (non-hydrogen) atoms. The first kappa shape index (κ1) is 20.9. The van der Waals surface area contributed by atoms with Crippen LogP contribution in [-0.4, -0.2) is 45.6 Å². The number of amides is 1. The number of methoxy groups -OCH3 is 2. The van der Waals surface area contributed by atoms with Crippen LogP contribution in [-0.2, 0) is 4.79 Å². The van der Waals surface area contributed by atoms with Gasteiger partial charge in [-0.1, -0.05) is 30.0 Å². The van der Waals surface area contributed by atoms with Gasteiger partial charge in [-0.3, -0.25) is 9.36 Å². The Morgan fingerprint density at radius 3 is 2.61 bits per heavy atom. The van der Waals surface area contributed by atoms with Gasteiger partial charge in [0, 0.05) is 22.8 Å². The zero-order valence-corrected chi connectivity index (χ0v) is 18.4. The molecule has 1 amide bonds. The van der Waals surface area contributed by atoms with E-state index < -0.39 is 0 Å². The van der Waals surface area contributed by atoms with Crippen molar-refractivity contribution in [3.05, 3.63) is 60.1 Å². The summed E-state index contributed by atoms with van der Waals surface area (Å²) in [5, 5.41) is 14.5. The predicted octanol–water partition coefficient (Wildman–Crippen LogP) is 4.14. The molecule has 4 aromatic rings. The molecule has 8 nitrogen and oxygen atoms in total. The fraction of sp³-hybridized carbons (Fsp3) is 0.143. The molecule has 0 aliphatic rings. The Balaban J connectivity index is 1.66. The van der Waals surface area contributed by atoms with Crippen LogP contribution in [0.25, 0.3) is 17.1 Å². The lowest BCUT2D eigenvalue weighted by Gasteiger charge is -2.12. The Morgan fingerprint density at radius 2 is 1.90 bits per heavy atom. The molecule has 4 rings (SSSR count). The second kappa shape index (κ2) is 9.63. The predicted molar refractivity (Wildman–Crippen MR) is 121 cm³/mol. The number of carbonyl (C=O) groups is 1. The highest BCUT2D eigenvalue weighted by Crippen LogP contribution is 2.34. The highest BCUT2D eigenvalue weighted by atomic mass is 32.2. The summed E-state index contributed by atoms with van der Waals surface area (Å²) in [5.41, 5.74) is 1.70. The van der Waals surface area contributed by atoms with Crippen molar-refractivity contribution < 1.29 is 14.3 Å². The van der Waals surface area contributed by atoms with Crippen molar-refractivity contribution in [1.82, 2.24) is 19.7 Å². The maximum atomic E-state index is 12.3. The SMILES string of the molecule is COc1ccc(-c2nnc(SCC(=O)Nc3nccs3)n2-c2ccccc2)cc1OC. The van der Waals surface area contributed by atoms with E-state index in [9.17, 15) is 4.79 Å². The van der Waals surface area contributed by atoms with Gasteiger partial charge in [-0.15, -0.1) is 21.5 Å². The van der Waals surface area contributed by atoms with Crippen LogP contribution in [0.4, 0.5) is 5.13 Å². The largest absolute Gasteiger partial charge is 0.493 e. The Labute approximate surface area is 187 Å². The maximum absolute atomic E-state index is 12.3. The third kappa shape index (κ3) is 4.70. The minimum absolute atomic E-state index is 0.157. The van der Waals surface area contributed by atoms with E-state index in [-0.39, 0.29) is 11.7 Å². The fourth-order valence-corrected chi connectivity index (χ4v) is 4.20. The Kier molecular flexibility index (Phi) is 6.48. The van der Waals surface area contributed by atoms with Crippen LogP contribution in [0.5, 0.6) is 11.5 Å². The van der Waals surface area contributed by atoms with Gasteiger partial charge in [0.2, 0.25) is 5.91 Å². The lowest BCUT2D eigenvalue weighted by atomic mass is 10.2. The van der Waals surface area contributed by atoms with Crippen molar-refractivity contribution >= 4 is 34.1 Å². The van der Waals surface area contributed by atoms with E-state index in [0.717, 1.165) is 11.3 Å². The van der Waals surface area contributed by atoms with E-state index in [1.54, 1.807) is 20.4 Å². The molecule has 0 radical (unpaired) electrons. The minimum atomic E-state index is -0.157. The van der Waals surface area contributed by atoms with Crippen molar-refractivity contribution in [2.45, 2.75) is 5.16 Å². The molecule has 0 bridgehead atoms. The van der Waals surface area contributed by atoms with Crippen LogP contribution in [0.15, 0.2) is 65.3 Å². The maximum Gasteiger partial charge on any atom is 0.236 e. The number of benzene rings is 2. The third-order valence-corrected chi connectivity index (χ3v) is 5.92. The van der Waals surface area contributed by atoms with Crippen molar-refractivity contribution in [3.63, 3.8) is 0 Å². The van der Waals surface area contributed by atoms with E-state index in [1.165, 1.54) is 23.1 Å². The molecule has 0 saturated carbocycles.